The molecule has 1 aromatic rings. The van der Waals surface area contributed by atoms with Gasteiger partial charge in [-0.1, -0.05) is 13.8 Å². The molecule has 1 aromatic carbocycles. The molecule has 1 atom stereocenters. The molecule has 0 aliphatic heterocycles. The number of rotatable bonds is 6. The fourth-order valence-electron chi connectivity index (χ4n) is 1.97. The van der Waals surface area contributed by atoms with Crippen molar-refractivity contribution >= 4 is 11.6 Å². The van der Waals surface area contributed by atoms with Gasteiger partial charge in [0.05, 0.1) is 21.3 Å². The number of halogens is 1. The molecule has 0 amide bonds. The molecule has 0 aliphatic carbocycles. The van der Waals surface area contributed by atoms with Gasteiger partial charge in [-0.05, 0) is 29.5 Å². The van der Waals surface area contributed by atoms with Crippen molar-refractivity contribution in [3.05, 3.63) is 17.7 Å². The summed E-state index contributed by atoms with van der Waals surface area (Å²) in [6.07, 6.45) is 0. The highest BCUT2D eigenvalue weighted by Gasteiger charge is 2.20. The van der Waals surface area contributed by atoms with Crippen LogP contribution in [-0.2, 0) is 0 Å². The third-order valence-electron chi connectivity index (χ3n) is 3.09. The predicted octanol–water partition coefficient (Wildman–Crippen LogP) is 3.69. The molecule has 102 valence electrons. The monoisotopic (exact) mass is 272 g/mol. The summed E-state index contributed by atoms with van der Waals surface area (Å²) in [5, 5.41) is 0. The fraction of sp³-hybridized carbons (Fsp3) is 0.571. The van der Waals surface area contributed by atoms with Gasteiger partial charge in [-0.15, -0.1) is 11.6 Å². The Balaban J connectivity index is 3.30. The molecule has 0 N–H and O–H groups in total. The van der Waals surface area contributed by atoms with Gasteiger partial charge >= 0.3 is 0 Å². The first-order valence-corrected chi connectivity index (χ1v) is 6.48. The van der Waals surface area contributed by atoms with Crippen molar-refractivity contribution in [2.45, 2.75) is 19.8 Å². The van der Waals surface area contributed by atoms with E-state index in [0.29, 0.717) is 29.0 Å². The maximum atomic E-state index is 6.05. The van der Waals surface area contributed by atoms with E-state index >= 15 is 0 Å². The van der Waals surface area contributed by atoms with E-state index in [9.17, 15) is 0 Å². The normalized spacial score (nSPS) is 12.4. The maximum absolute atomic E-state index is 6.05. The first kappa shape index (κ1) is 15.0. The molecule has 0 saturated heterocycles. The molecule has 0 heterocycles. The van der Waals surface area contributed by atoms with Crippen LogP contribution in [0.1, 0.15) is 25.3 Å². The van der Waals surface area contributed by atoms with Crippen molar-refractivity contribution in [1.29, 1.82) is 0 Å². The molecule has 0 aliphatic rings. The summed E-state index contributed by atoms with van der Waals surface area (Å²) in [5.74, 6) is 3.23. The van der Waals surface area contributed by atoms with E-state index in [1.807, 2.05) is 12.1 Å². The highest BCUT2D eigenvalue weighted by atomic mass is 35.5. The van der Waals surface area contributed by atoms with Crippen molar-refractivity contribution < 1.29 is 14.2 Å². The molecule has 1 unspecified atom stereocenters. The van der Waals surface area contributed by atoms with E-state index in [1.165, 1.54) is 0 Å². The number of ether oxygens (including phenoxy) is 3. The van der Waals surface area contributed by atoms with Crippen LogP contribution in [0.5, 0.6) is 17.2 Å². The van der Waals surface area contributed by atoms with Gasteiger partial charge < -0.3 is 14.2 Å². The minimum absolute atomic E-state index is 0.264. The summed E-state index contributed by atoms with van der Waals surface area (Å²) in [6.45, 7) is 4.30. The van der Waals surface area contributed by atoms with Crippen molar-refractivity contribution in [2.24, 2.45) is 5.92 Å². The van der Waals surface area contributed by atoms with E-state index in [2.05, 4.69) is 13.8 Å². The minimum Gasteiger partial charge on any atom is -0.493 e. The first-order chi connectivity index (χ1) is 8.58. The fourth-order valence-corrected chi connectivity index (χ4v) is 2.50. The van der Waals surface area contributed by atoms with Gasteiger partial charge in [0.15, 0.2) is 11.5 Å². The number of methoxy groups -OCH3 is 3. The summed E-state index contributed by atoms with van der Waals surface area (Å²) in [7, 11) is 4.83. The molecule has 0 fully saturated rings. The van der Waals surface area contributed by atoms with E-state index in [-0.39, 0.29) is 5.92 Å². The molecule has 3 nitrogen and oxygen atoms in total. The Bertz CT molecular complexity index is 366. The molecule has 0 saturated carbocycles. The Kier molecular flexibility index (Phi) is 5.60. The van der Waals surface area contributed by atoms with Gasteiger partial charge in [0, 0.05) is 5.88 Å². The van der Waals surface area contributed by atoms with Gasteiger partial charge in [-0.3, -0.25) is 0 Å². The molecule has 0 radical (unpaired) electrons. The second-order valence-corrected chi connectivity index (χ2v) is 4.77. The quantitative estimate of drug-likeness (QED) is 0.739. The molecular weight excluding hydrogens is 252 g/mol. The third kappa shape index (κ3) is 3.02. The standard InChI is InChI=1S/C14H21ClO3/c1-9(2)11(8-15)10-6-12(16-3)14(18-5)13(7-10)17-4/h6-7,9,11H,8H2,1-5H3. The van der Waals surface area contributed by atoms with Crippen LogP contribution in [0.25, 0.3) is 0 Å². The molecule has 1 rings (SSSR count). The Morgan fingerprint density at radius 3 is 1.78 bits per heavy atom. The lowest BCUT2D eigenvalue weighted by Gasteiger charge is -2.21. The Morgan fingerprint density at radius 2 is 1.50 bits per heavy atom. The summed E-state index contributed by atoms with van der Waals surface area (Å²) >= 11 is 6.05. The Labute approximate surface area is 114 Å². The average Bonchev–Trinajstić information content (AvgIpc) is 2.37. The number of alkyl halides is 1. The Morgan fingerprint density at radius 1 is 1.00 bits per heavy atom. The van der Waals surface area contributed by atoms with Crippen LogP contribution >= 0.6 is 11.6 Å². The molecule has 4 heteroatoms. The summed E-state index contributed by atoms with van der Waals surface area (Å²) in [6, 6.07) is 3.93. The lowest BCUT2D eigenvalue weighted by molar-refractivity contribution is 0.323. The predicted molar refractivity (Wildman–Crippen MR) is 74.4 cm³/mol. The van der Waals surface area contributed by atoms with Crippen molar-refractivity contribution in [1.82, 2.24) is 0 Å². The van der Waals surface area contributed by atoms with Gasteiger partial charge in [-0.2, -0.15) is 0 Å². The lowest BCUT2D eigenvalue weighted by Crippen LogP contribution is -2.09. The molecule has 0 spiro atoms. The van der Waals surface area contributed by atoms with Crippen LogP contribution < -0.4 is 14.2 Å². The average molecular weight is 273 g/mol. The van der Waals surface area contributed by atoms with Gasteiger partial charge in [-0.25, -0.2) is 0 Å². The van der Waals surface area contributed by atoms with Gasteiger partial charge in [0.2, 0.25) is 5.75 Å². The number of hydrogen-bond donors (Lipinski definition) is 0. The largest absolute Gasteiger partial charge is 0.493 e. The van der Waals surface area contributed by atoms with E-state index in [4.69, 9.17) is 25.8 Å². The van der Waals surface area contributed by atoms with Crippen LogP contribution in [-0.4, -0.2) is 27.2 Å². The van der Waals surface area contributed by atoms with Crippen LogP contribution in [0.4, 0.5) is 0 Å². The van der Waals surface area contributed by atoms with Crippen LogP contribution in [0, 0.1) is 5.92 Å². The van der Waals surface area contributed by atoms with Crippen LogP contribution in [0.15, 0.2) is 12.1 Å². The number of hydrogen-bond acceptors (Lipinski definition) is 3. The molecule has 0 aromatic heterocycles. The van der Waals surface area contributed by atoms with E-state index in [1.54, 1.807) is 21.3 Å². The lowest BCUT2D eigenvalue weighted by atomic mass is 9.89. The highest BCUT2D eigenvalue weighted by molar-refractivity contribution is 6.18. The highest BCUT2D eigenvalue weighted by Crippen LogP contribution is 2.41. The van der Waals surface area contributed by atoms with Crippen molar-refractivity contribution in [2.75, 3.05) is 27.2 Å². The Hall–Kier alpha value is -1.09. The molecule has 0 bridgehead atoms. The van der Waals surface area contributed by atoms with Crippen molar-refractivity contribution in [3.8, 4) is 17.2 Å². The van der Waals surface area contributed by atoms with E-state index < -0.39 is 0 Å². The van der Waals surface area contributed by atoms with E-state index in [0.717, 1.165) is 5.56 Å². The SMILES string of the molecule is COc1cc(C(CCl)C(C)C)cc(OC)c1OC. The second kappa shape index (κ2) is 6.74. The zero-order valence-corrected chi connectivity index (χ0v) is 12.4. The van der Waals surface area contributed by atoms with Gasteiger partial charge in [0.1, 0.15) is 0 Å². The van der Waals surface area contributed by atoms with Crippen LogP contribution in [0.3, 0.4) is 0 Å². The number of benzene rings is 1. The summed E-state index contributed by atoms with van der Waals surface area (Å²) < 4.78 is 16.0. The minimum atomic E-state index is 0.264. The first-order valence-electron chi connectivity index (χ1n) is 5.94. The van der Waals surface area contributed by atoms with Gasteiger partial charge in [0.25, 0.3) is 0 Å². The molecule has 18 heavy (non-hydrogen) atoms. The van der Waals surface area contributed by atoms with Crippen LogP contribution in [0.2, 0.25) is 0 Å². The summed E-state index contributed by atoms with van der Waals surface area (Å²) in [4.78, 5) is 0. The summed E-state index contributed by atoms with van der Waals surface area (Å²) in [5.41, 5.74) is 1.11. The zero-order valence-electron chi connectivity index (χ0n) is 11.6. The van der Waals surface area contributed by atoms with Crippen molar-refractivity contribution in [3.63, 3.8) is 0 Å². The smallest absolute Gasteiger partial charge is 0.203 e. The maximum Gasteiger partial charge on any atom is 0.203 e. The topological polar surface area (TPSA) is 27.7 Å². The second-order valence-electron chi connectivity index (χ2n) is 4.46. The molecular formula is C14H21ClO3. The zero-order chi connectivity index (χ0) is 13.7. The third-order valence-corrected chi connectivity index (χ3v) is 3.42.